The van der Waals surface area contributed by atoms with Crippen molar-refractivity contribution in [2.75, 3.05) is 20.3 Å². The first kappa shape index (κ1) is 16.3. The highest BCUT2D eigenvalue weighted by atomic mass is 16.5. The van der Waals surface area contributed by atoms with E-state index in [1.165, 1.54) is 0 Å². The van der Waals surface area contributed by atoms with Gasteiger partial charge in [-0.15, -0.1) is 0 Å². The Kier molecular flexibility index (Phi) is 4.91. The molecule has 1 spiro atoms. The minimum atomic E-state index is -0.729. The maximum absolute atomic E-state index is 13.1. The molecule has 21 heavy (non-hydrogen) atoms. The lowest BCUT2D eigenvalue weighted by Gasteiger charge is -2.53. The number of piperazine rings is 1. The van der Waals surface area contributed by atoms with Crippen molar-refractivity contribution in [3.63, 3.8) is 0 Å². The molecule has 1 saturated heterocycles. The number of ether oxygens (including phenoxy) is 1. The summed E-state index contributed by atoms with van der Waals surface area (Å²) < 4.78 is 5.17. The third kappa shape index (κ3) is 2.56. The Morgan fingerprint density at radius 2 is 1.76 bits per heavy atom. The number of carbonyl (C=O) groups is 2. The average Bonchev–Trinajstić information content (AvgIpc) is 2.52. The minimum Gasteiger partial charge on any atom is -0.383 e. The molecule has 1 heterocycles. The van der Waals surface area contributed by atoms with Crippen molar-refractivity contribution < 1.29 is 14.3 Å². The second-order valence-corrected chi connectivity index (χ2v) is 6.29. The van der Waals surface area contributed by atoms with E-state index < -0.39 is 11.1 Å². The molecule has 5 nitrogen and oxygen atoms in total. The van der Waals surface area contributed by atoms with Crippen LogP contribution in [0.25, 0.3) is 0 Å². The molecular formula is C16H28N2O3. The van der Waals surface area contributed by atoms with Crippen LogP contribution in [0.3, 0.4) is 0 Å². The molecule has 5 heteroatoms. The first-order valence-electron chi connectivity index (χ1n) is 8.20. The van der Waals surface area contributed by atoms with Gasteiger partial charge in [0.15, 0.2) is 0 Å². The topological polar surface area (TPSA) is 58.6 Å². The standard InChI is InChI=1S/C16H28N2O3/c1-4-15(5-2)14(20)18(11-12-21-3)16(13(19)17-15)9-7-6-8-10-16/h4-12H2,1-3H3,(H,17,19). The Hall–Kier alpha value is -1.10. The van der Waals surface area contributed by atoms with Crippen molar-refractivity contribution in [1.29, 1.82) is 0 Å². The summed E-state index contributed by atoms with van der Waals surface area (Å²) in [4.78, 5) is 27.8. The molecule has 0 aromatic carbocycles. The number of nitrogens with one attached hydrogen (secondary N) is 1. The molecule has 1 N–H and O–H groups in total. The summed E-state index contributed by atoms with van der Waals surface area (Å²) in [5, 5.41) is 3.07. The predicted molar refractivity (Wildman–Crippen MR) is 80.9 cm³/mol. The maximum atomic E-state index is 13.1. The Morgan fingerprint density at radius 1 is 1.14 bits per heavy atom. The lowest BCUT2D eigenvalue weighted by atomic mass is 9.74. The molecule has 0 unspecified atom stereocenters. The summed E-state index contributed by atoms with van der Waals surface area (Å²) >= 11 is 0. The van der Waals surface area contributed by atoms with Gasteiger partial charge < -0.3 is 15.0 Å². The molecule has 0 aromatic rings. The molecule has 2 amide bonds. The molecule has 1 saturated carbocycles. The first-order valence-corrected chi connectivity index (χ1v) is 8.20. The minimum absolute atomic E-state index is 0.0432. The SMILES string of the molecule is CCC1(CC)NC(=O)C2(CCCCC2)N(CCOC)C1=O. The summed E-state index contributed by atoms with van der Waals surface area (Å²) in [5.41, 5.74) is -1.37. The quantitative estimate of drug-likeness (QED) is 0.842. The van der Waals surface area contributed by atoms with E-state index in [2.05, 4.69) is 5.32 Å². The normalized spacial score (nSPS) is 24.2. The molecule has 2 rings (SSSR count). The average molecular weight is 296 g/mol. The lowest BCUT2D eigenvalue weighted by Crippen LogP contribution is -2.76. The van der Waals surface area contributed by atoms with Gasteiger partial charge in [-0.05, 0) is 25.7 Å². The third-order valence-corrected chi connectivity index (χ3v) is 5.35. The van der Waals surface area contributed by atoms with Gasteiger partial charge in [-0.25, -0.2) is 0 Å². The van der Waals surface area contributed by atoms with E-state index in [4.69, 9.17) is 4.74 Å². The van der Waals surface area contributed by atoms with E-state index in [9.17, 15) is 9.59 Å². The Morgan fingerprint density at radius 3 is 2.29 bits per heavy atom. The summed E-state index contributed by atoms with van der Waals surface area (Å²) in [6.07, 6.45) is 5.98. The van der Waals surface area contributed by atoms with Crippen molar-refractivity contribution in [3.8, 4) is 0 Å². The maximum Gasteiger partial charge on any atom is 0.249 e. The largest absolute Gasteiger partial charge is 0.383 e. The smallest absolute Gasteiger partial charge is 0.249 e. The van der Waals surface area contributed by atoms with E-state index in [1.807, 2.05) is 18.7 Å². The monoisotopic (exact) mass is 296 g/mol. The van der Waals surface area contributed by atoms with Gasteiger partial charge in [-0.1, -0.05) is 33.1 Å². The second kappa shape index (κ2) is 6.34. The molecule has 2 aliphatic rings. The Bertz CT molecular complexity index is 398. The third-order valence-electron chi connectivity index (χ3n) is 5.35. The van der Waals surface area contributed by atoms with Crippen LogP contribution >= 0.6 is 0 Å². The van der Waals surface area contributed by atoms with Crippen LogP contribution in [-0.2, 0) is 14.3 Å². The number of rotatable bonds is 5. The number of hydrogen-bond acceptors (Lipinski definition) is 3. The Balaban J connectivity index is 2.37. The highest BCUT2D eigenvalue weighted by molar-refractivity contribution is 6.02. The second-order valence-electron chi connectivity index (χ2n) is 6.29. The number of amides is 2. The molecule has 2 fully saturated rings. The van der Waals surface area contributed by atoms with Gasteiger partial charge in [0.1, 0.15) is 11.1 Å². The van der Waals surface area contributed by atoms with E-state index >= 15 is 0 Å². The predicted octanol–water partition coefficient (Wildman–Crippen LogP) is 1.85. The van der Waals surface area contributed by atoms with E-state index in [-0.39, 0.29) is 11.8 Å². The van der Waals surface area contributed by atoms with Gasteiger partial charge in [0.25, 0.3) is 0 Å². The molecule has 0 radical (unpaired) electrons. The zero-order chi connectivity index (χ0) is 15.5. The van der Waals surface area contributed by atoms with Crippen molar-refractivity contribution >= 4 is 11.8 Å². The number of carbonyl (C=O) groups excluding carboxylic acids is 2. The fourth-order valence-electron chi connectivity index (χ4n) is 3.82. The van der Waals surface area contributed by atoms with Gasteiger partial charge in [-0.3, -0.25) is 9.59 Å². The van der Waals surface area contributed by atoms with Crippen LogP contribution in [0.4, 0.5) is 0 Å². The van der Waals surface area contributed by atoms with Crippen molar-refractivity contribution in [1.82, 2.24) is 10.2 Å². The van der Waals surface area contributed by atoms with Crippen LogP contribution in [0.1, 0.15) is 58.8 Å². The van der Waals surface area contributed by atoms with Crippen LogP contribution in [0.2, 0.25) is 0 Å². The summed E-state index contributed by atoms with van der Waals surface area (Å²) in [6, 6.07) is 0. The van der Waals surface area contributed by atoms with Crippen LogP contribution in [0.15, 0.2) is 0 Å². The van der Waals surface area contributed by atoms with Crippen molar-refractivity contribution in [2.45, 2.75) is 69.9 Å². The number of hydrogen-bond donors (Lipinski definition) is 1. The Labute approximate surface area is 127 Å². The molecule has 120 valence electrons. The van der Waals surface area contributed by atoms with Crippen molar-refractivity contribution in [2.24, 2.45) is 0 Å². The van der Waals surface area contributed by atoms with Crippen molar-refractivity contribution in [3.05, 3.63) is 0 Å². The molecule has 0 atom stereocenters. The van der Waals surface area contributed by atoms with Crippen LogP contribution in [0, 0.1) is 0 Å². The van der Waals surface area contributed by atoms with Gasteiger partial charge in [0.05, 0.1) is 6.61 Å². The molecule has 0 aromatic heterocycles. The fraction of sp³-hybridized carbons (Fsp3) is 0.875. The molecule has 1 aliphatic carbocycles. The molecule has 0 bridgehead atoms. The van der Waals surface area contributed by atoms with Gasteiger partial charge >= 0.3 is 0 Å². The first-order chi connectivity index (χ1) is 10.1. The van der Waals surface area contributed by atoms with Crippen LogP contribution in [0.5, 0.6) is 0 Å². The summed E-state index contributed by atoms with van der Waals surface area (Å²) in [5.74, 6) is 0.118. The van der Waals surface area contributed by atoms with E-state index in [0.29, 0.717) is 26.0 Å². The van der Waals surface area contributed by atoms with Crippen LogP contribution < -0.4 is 5.32 Å². The number of nitrogens with zero attached hydrogens (tertiary/aromatic N) is 1. The fourth-order valence-corrected chi connectivity index (χ4v) is 3.82. The molecule has 1 aliphatic heterocycles. The highest BCUT2D eigenvalue weighted by Crippen LogP contribution is 2.39. The van der Waals surface area contributed by atoms with E-state index in [1.54, 1.807) is 7.11 Å². The summed E-state index contributed by atoms with van der Waals surface area (Å²) in [7, 11) is 1.63. The molecular weight excluding hydrogens is 268 g/mol. The number of methoxy groups -OCH3 is 1. The zero-order valence-corrected chi connectivity index (χ0v) is 13.5. The zero-order valence-electron chi connectivity index (χ0n) is 13.5. The lowest BCUT2D eigenvalue weighted by molar-refractivity contribution is -0.167. The van der Waals surface area contributed by atoms with E-state index in [0.717, 1.165) is 32.1 Å². The summed E-state index contributed by atoms with van der Waals surface area (Å²) in [6.45, 7) is 4.92. The van der Waals surface area contributed by atoms with Gasteiger partial charge in [-0.2, -0.15) is 0 Å². The van der Waals surface area contributed by atoms with Gasteiger partial charge in [0.2, 0.25) is 11.8 Å². The van der Waals surface area contributed by atoms with Crippen LogP contribution in [-0.4, -0.2) is 48.1 Å². The highest BCUT2D eigenvalue weighted by Gasteiger charge is 2.56. The van der Waals surface area contributed by atoms with Gasteiger partial charge in [0, 0.05) is 13.7 Å².